The molecule has 10 heavy (non-hydrogen) atoms. The topological polar surface area (TPSA) is 51.8 Å². The summed E-state index contributed by atoms with van der Waals surface area (Å²) < 4.78 is 0. The molecule has 3 heteroatoms. The summed E-state index contributed by atoms with van der Waals surface area (Å²) in [4.78, 5) is 7.89. The van der Waals surface area contributed by atoms with Crippen LogP contribution in [0, 0.1) is 6.92 Å². The molecule has 0 aliphatic rings. The molecule has 0 aromatic carbocycles. The summed E-state index contributed by atoms with van der Waals surface area (Å²) in [6, 6.07) is 0. The van der Waals surface area contributed by atoms with Gasteiger partial charge in [0.25, 0.3) is 0 Å². The lowest BCUT2D eigenvalue weighted by molar-refractivity contribution is 1.00. The largest absolute Gasteiger partial charge is 0.368 e. The van der Waals surface area contributed by atoms with Gasteiger partial charge in [0.1, 0.15) is 0 Å². The van der Waals surface area contributed by atoms with Crippen LogP contribution in [0.1, 0.15) is 18.2 Å². The molecule has 1 aromatic rings. The third-order valence-electron chi connectivity index (χ3n) is 1.48. The Morgan fingerprint density at radius 3 is 2.80 bits per heavy atom. The van der Waals surface area contributed by atoms with Crippen molar-refractivity contribution in [2.45, 2.75) is 20.3 Å². The fourth-order valence-electron chi connectivity index (χ4n) is 0.857. The number of anilines is 1. The van der Waals surface area contributed by atoms with Gasteiger partial charge < -0.3 is 5.73 Å². The molecule has 0 unspecified atom stereocenters. The first kappa shape index (κ1) is 6.99. The molecule has 1 heterocycles. The van der Waals surface area contributed by atoms with E-state index < -0.39 is 0 Å². The van der Waals surface area contributed by atoms with Gasteiger partial charge in [-0.1, -0.05) is 6.92 Å². The molecule has 1 rings (SSSR count). The van der Waals surface area contributed by atoms with Crippen molar-refractivity contribution in [1.29, 1.82) is 0 Å². The van der Waals surface area contributed by atoms with Crippen LogP contribution in [-0.2, 0) is 6.42 Å². The Morgan fingerprint density at radius 2 is 2.30 bits per heavy atom. The summed E-state index contributed by atoms with van der Waals surface area (Å²) in [5.74, 6) is 0.356. The van der Waals surface area contributed by atoms with Gasteiger partial charge in [0, 0.05) is 11.9 Å². The highest BCUT2D eigenvalue weighted by Gasteiger charge is 1.96. The maximum atomic E-state index is 5.36. The van der Waals surface area contributed by atoms with E-state index in [0.717, 1.165) is 17.7 Å². The van der Waals surface area contributed by atoms with Gasteiger partial charge in [0.2, 0.25) is 5.95 Å². The van der Waals surface area contributed by atoms with Crippen molar-refractivity contribution in [2.24, 2.45) is 0 Å². The Balaban J connectivity index is 3.07. The van der Waals surface area contributed by atoms with E-state index in [9.17, 15) is 0 Å². The Morgan fingerprint density at radius 1 is 1.60 bits per heavy atom. The van der Waals surface area contributed by atoms with E-state index in [2.05, 4.69) is 16.9 Å². The summed E-state index contributed by atoms with van der Waals surface area (Å²) in [5.41, 5.74) is 7.50. The average Bonchev–Trinajstić information content (AvgIpc) is 1.88. The maximum Gasteiger partial charge on any atom is 0.220 e. The van der Waals surface area contributed by atoms with Gasteiger partial charge in [-0.3, -0.25) is 0 Å². The molecule has 0 radical (unpaired) electrons. The zero-order chi connectivity index (χ0) is 7.56. The first-order chi connectivity index (χ1) is 4.74. The molecule has 1 aromatic heterocycles. The maximum absolute atomic E-state index is 5.36. The molecule has 3 nitrogen and oxygen atoms in total. The van der Waals surface area contributed by atoms with Crippen LogP contribution in [0.2, 0.25) is 0 Å². The number of rotatable bonds is 1. The monoisotopic (exact) mass is 137 g/mol. The normalized spacial score (nSPS) is 9.80. The molecule has 0 saturated carbocycles. The number of hydrogen-bond acceptors (Lipinski definition) is 3. The van der Waals surface area contributed by atoms with E-state index in [1.807, 2.05) is 6.92 Å². The van der Waals surface area contributed by atoms with Gasteiger partial charge in [-0.25, -0.2) is 9.97 Å². The summed E-state index contributed by atoms with van der Waals surface area (Å²) in [5, 5.41) is 0. The second-order valence-electron chi connectivity index (χ2n) is 2.19. The second kappa shape index (κ2) is 2.64. The van der Waals surface area contributed by atoms with Crippen molar-refractivity contribution in [2.75, 3.05) is 5.73 Å². The average molecular weight is 137 g/mol. The van der Waals surface area contributed by atoms with Gasteiger partial charge in [0.15, 0.2) is 0 Å². The van der Waals surface area contributed by atoms with Crippen molar-refractivity contribution < 1.29 is 0 Å². The van der Waals surface area contributed by atoms with Crippen LogP contribution in [0.4, 0.5) is 5.95 Å². The van der Waals surface area contributed by atoms with Crippen LogP contribution in [0.25, 0.3) is 0 Å². The number of nitrogens with two attached hydrogens (primary N) is 1. The molecule has 0 fully saturated rings. The first-order valence-electron chi connectivity index (χ1n) is 3.32. The van der Waals surface area contributed by atoms with Crippen LogP contribution in [-0.4, -0.2) is 9.97 Å². The predicted molar refractivity (Wildman–Crippen MR) is 40.6 cm³/mol. The molecular formula is C7H11N3. The Bertz CT molecular complexity index is 232. The molecule has 0 aliphatic carbocycles. The first-order valence-corrected chi connectivity index (χ1v) is 3.32. The molecule has 0 aliphatic heterocycles. The number of nitrogen functional groups attached to an aromatic ring is 1. The molecular weight excluding hydrogens is 126 g/mol. The smallest absolute Gasteiger partial charge is 0.220 e. The lowest BCUT2D eigenvalue weighted by Gasteiger charge is -1.99. The van der Waals surface area contributed by atoms with E-state index in [1.54, 1.807) is 6.20 Å². The molecule has 54 valence electrons. The van der Waals surface area contributed by atoms with Crippen molar-refractivity contribution in [3.63, 3.8) is 0 Å². The van der Waals surface area contributed by atoms with E-state index in [0.29, 0.717) is 5.95 Å². The van der Waals surface area contributed by atoms with Crippen LogP contribution < -0.4 is 5.73 Å². The Kier molecular flexibility index (Phi) is 1.85. The highest BCUT2D eigenvalue weighted by Crippen LogP contribution is 2.04. The van der Waals surface area contributed by atoms with Gasteiger partial charge in [-0.05, 0) is 18.9 Å². The second-order valence-corrected chi connectivity index (χ2v) is 2.19. The van der Waals surface area contributed by atoms with Crippen molar-refractivity contribution >= 4 is 5.95 Å². The van der Waals surface area contributed by atoms with Crippen LogP contribution in [0.3, 0.4) is 0 Å². The highest BCUT2D eigenvalue weighted by atomic mass is 15.0. The Hall–Kier alpha value is -1.12. The predicted octanol–water partition coefficient (Wildman–Crippen LogP) is 0.930. The highest BCUT2D eigenvalue weighted by molar-refractivity contribution is 5.23. The Labute approximate surface area is 60.3 Å². The number of aromatic nitrogens is 2. The van der Waals surface area contributed by atoms with Gasteiger partial charge in [-0.2, -0.15) is 0 Å². The third kappa shape index (κ3) is 1.23. The standard InChI is InChI=1S/C7H11N3/c1-3-6-4-9-7(8)10-5(6)2/h4H,3H2,1-2H3,(H2,8,9,10). The number of hydrogen-bond donors (Lipinski definition) is 1. The molecule has 0 atom stereocenters. The van der Waals surface area contributed by atoms with E-state index in [4.69, 9.17) is 5.73 Å². The molecule has 0 saturated heterocycles. The van der Waals surface area contributed by atoms with Gasteiger partial charge >= 0.3 is 0 Å². The van der Waals surface area contributed by atoms with Crippen molar-refractivity contribution in [1.82, 2.24) is 9.97 Å². The van der Waals surface area contributed by atoms with Crippen molar-refractivity contribution in [3.8, 4) is 0 Å². The lowest BCUT2D eigenvalue weighted by atomic mass is 10.2. The minimum atomic E-state index is 0.356. The fraction of sp³-hybridized carbons (Fsp3) is 0.429. The van der Waals surface area contributed by atoms with Crippen LogP contribution >= 0.6 is 0 Å². The number of nitrogens with zero attached hydrogens (tertiary/aromatic N) is 2. The van der Waals surface area contributed by atoms with Crippen LogP contribution in [0.5, 0.6) is 0 Å². The zero-order valence-corrected chi connectivity index (χ0v) is 6.26. The minimum absolute atomic E-state index is 0.356. The SMILES string of the molecule is CCc1cnc(N)nc1C. The number of aryl methyl sites for hydroxylation is 2. The summed E-state index contributed by atoms with van der Waals surface area (Å²) in [7, 11) is 0. The zero-order valence-electron chi connectivity index (χ0n) is 6.26. The lowest BCUT2D eigenvalue weighted by Crippen LogP contribution is -1.99. The quantitative estimate of drug-likeness (QED) is 0.626. The summed E-state index contributed by atoms with van der Waals surface area (Å²) in [6.45, 7) is 4.01. The van der Waals surface area contributed by atoms with E-state index in [-0.39, 0.29) is 0 Å². The van der Waals surface area contributed by atoms with E-state index in [1.165, 1.54) is 0 Å². The van der Waals surface area contributed by atoms with Crippen LogP contribution in [0.15, 0.2) is 6.20 Å². The third-order valence-corrected chi connectivity index (χ3v) is 1.48. The fourth-order valence-corrected chi connectivity index (χ4v) is 0.857. The molecule has 2 N–H and O–H groups in total. The van der Waals surface area contributed by atoms with Gasteiger partial charge in [-0.15, -0.1) is 0 Å². The molecule has 0 amide bonds. The van der Waals surface area contributed by atoms with E-state index >= 15 is 0 Å². The van der Waals surface area contributed by atoms with Gasteiger partial charge in [0.05, 0.1) is 0 Å². The molecule has 0 spiro atoms. The summed E-state index contributed by atoms with van der Waals surface area (Å²) in [6.07, 6.45) is 2.74. The van der Waals surface area contributed by atoms with Crippen molar-refractivity contribution in [3.05, 3.63) is 17.5 Å². The molecule has 0 bridgehead atoms. The summed E-state index contributed by atoms with van der Waals surface area (Å²) >= 11 is 0. The minimum Gasteiger partial charge on any atom is -0.368 e.